The van der Waals surface area contributed by atoms with E-state index < -0.39 is 5.60 Å². The highest BCUT2D eigenvalue weighted by atomic mass is 127. The molecule has 2 aromatic carbocycles. The maximum absolute atomic E-state index is 13.3. The van der Waals surface area contributed by atoms with Gasteiger partial charge in [0, 0.05) is 3.57 Å². The molecule has 0 fully saturated rings. The van der Waals surface area contributed by atoms with Crippen LogP contribution in [0.15, 0.2) is 42.5 Å². The Bertz CT molecular complexity index is 561. The zero-order chi connectivity index (χ0) is 13.3. The van der Waals surface area contributed by atoms with Gasteiger partial charge in [0.1, 0.15) is 11.4 Å². The predicted octanol–water partition coefficient (Wildman–Crippen LogP) is 3.99. The summed E-state index contributed by atoms with van der Waals surface area (Å²) in [6, 6.07) is 12.4. The second kappa shape index (κ2) is 4.97. The maximum atomic E-state index is 13.3. The first kappa shape index (κ1) is 13.5. The normalized spacial score (nSPS) is 14.3. The van der Waals surface area contributed by atoms with Gasteiger partial charge in [0.15, 0.2) is 0 Å². The van der Waals surface area contributed by atoms with Crippen LogP contribution in [-0.2, 0) is 5.60 Å². The van der Waals surface area contributed by atoms with Crippen molar-refractivity contribution in [1.82, 2.24) is 0 Å². The van der Waals surface area contributed by atoms with E-state index in [-0.39, 0.29) is 5.82 Å². The van der Waals surface area contributed by atoms with E-state index in [0.717, 1.165) is 9.13 Å². The third-order valence-electron chi connectivity index (χ3n) is 3.13. The van der Waals surface area contributed by atoms with E-state index in [2.05, 4.69) is 22.6 Å². The van der Waals surface area contributed by atoms with Crippen LogP contribution in [0.3, 0.4) is 0 Å². The number of aliphatic hydroxyl groups is 1. The minimum absolute atomic E-state index is 0.253. The minimum atomic E-state index is -1.11. The van der Waals surface area contributed by atoms with E-state index in [1.165, 1.54) is 6.07 Å². The highest BCUT2D eigenvalue weighted by Gasteiger charge is 2.25. The van der Waals surface area contributed by atoms with Crippen molar-refractivity contribution in [3.8, 4) is 0 Å². The first-order valence-electron chi connectivity index (χ1n) is 5.66. The Labute approximate surface area is 120 Å². The zero-order valence-electron chi connectivity index (χ0n) is 10.2. The molecule has 0 aliphatic rings. The summed E-state index contributed by atoms with van der Waals surface area (Å²) in [5, 5.41) is 10.6. The largest absolute Gasteiger partial charge is 0.381 e. The number of rotatable bonds is 2. The van der Waals surface area contributed by atoms with Gasteiger partial charge in [-0.1, -0.05) is 18.2 Å². The van der Waals surface area contributed by atoms with Gasteiger partial charge in [0.25, 0.3) is 0 Å². The van der Waals surface area contributed by atoms with Crippen molar-refractivity contribution in [2.75, 3.05) is 0 Å². The van der Waals surface area contributed by atoms with Crippen LogP contribution in [0.2, 0.25) is 0 Å². The molecule has 0 amide bonds. The van der Waals surface area contributed by atoms with E-state index in [0.29, 0.717) is 11.1 Å². The molecule has 0 heterocycles. The first-order chi connectivity index (χ1) is 8.41. The van der Waals surface area contributed by atoms with Gasteiger partial charge in [-0.05, 0) is 77.4 Å². The lowest BCUT2D eigenvalue weighted by Crippen LogP contribution is -2.23. The van der Waals surface area contributed by atoms with Crippen LogP contribution < -0.4 is 0 Å². The molecule has 3 heteroatoms. The van der Waals surface area contributed by atoms with E-state index in [9.17, 15) is 9.50 Å². The van der Waals surface area contributed by atoms with E-state index in [4.69, 9.17) is 0 Å². The molecule has 0 aliphatic heterocycles. The molecule has 0 aromatic heterocycles. The highest BCUT2D eigenvalue weighted by molar-refractivity contribution is 14.1. The summed E-state index contributed by atoms with van der Waals surface area (Å²) in [5.41, 5.74) is 0.929. The van der Waals surface area contributed by atoms with Gasteiger partial charge in [-0.3, -0.25) is 0 Å². The highest BCUT2D eigenvalue weighted by Crippen LogP contribution is 2.30. The van der Waals surface area contributed by atoms with Crippen LogP contribution in [0.25, 0.3) is 0 Å². The average Bonchev–Trinajstić information content (AvgIpc) is 2.33. The van der Waals surface area contributed by atoms with Gasteiger partial charge in [-0.2, -0.15) is 0 Å². The molecule has 2 rings (SSSR count). The molecule has 0 radical (unpaired) electrons. The number of benzene rings is 2. The average molecular weight is 356 g/mol. The van der Waals surface area contributed by atoms with Gasteiger partial charge in [-0.15, -0.1) is 0 Å². The van der Waals surface area contributed by atoms with Gasteiger partial charge in [0.05, 0.1) is 0 Å². The second-order valence-corrected chi connectivity index (χ2v) is 5.79. The standard InChI is InChI=1S/C15H14FIO/c1-10-9-12(5-8-14(10)16)15(2,18)11-3-6-13(17)7-4-11/h3-9,18H,1-2H3. The van der Waals surface area contributed by atoms with Gasteiger partial charge in [-0.25, -0.2) is 4.39 Å². The number of aryl methyl sites for hydroxylation is 1. The molecule has 1 atom stereocenters. The van der Waals surface area contributed by atoms with Crippen molar-refractivity contribution >= 4 is 22.6 Å². The fraction of sp³-hybridized carbons (Fsp3) is 0.200. The zero-order valence-corrected chi connectivity index (χ0v) is 12.4. The fourth-order valence-electron chi connectivity index (χ4n) is 1.89. The smallest absolute Gasteiger partial charge is 0.126 e. The third-order valence-corrected chi connectivity index (χ3v) is 3.85. The Morgan fingerprint density at radius 3 is 2.17 bits per heavy atom. The Morgan fingerprint density at radius 1 is 1.06 bits per heavy atom. The SMILES string of the molecule is Cc1cc(C(C)(O)c2ccc(I)cc2)ccc1F. The van der Waals surface area contributed by atoms with Crippen LogP contribution in [0.5, 0.6) is 0 Å². The van der Waals surface area contributed by atoms with E-state index in [1.54, 1.807) is 26.0 Å². The molecule has 1 unspecified atom stereocenters. The van der Waals surface area contributed by atoms with Crippen LogP contribution >= 0.6 is 22.6 Å². The van der Waals surface area contributed by atoms with Crippen molar-refractivity contribution in [3.05, 3.63) is 68.5 Å². The predicted molar refractivity (Wildman–Crippen MR) is 79.0 cm³/mol. The molecular formula is C15H14FIO. The quantitative estimate of drug-likeness (QED) is 0.807. The molecule has 1 nitrogen and oxygen atoms in total. The number of halogens is 2. The van der Waals surface area contributed by atoms with Crippen LogP contribution in [-0.4, -0.2) is 5.11 Å². The number of hydrogen-bond acceptors (Lipinski definition) is 1. The molecule has 94 valence electrons. The van der Waals surface area contributed by atoms with Gasteiger partial charge >= 0.3 is 0 Å². The Morgan fingerprint density at radius 2 is 1.61 bits per heavy atom. The van der Waals surface area contributed by atoms with Crippen molar-refractivity contribution in [1.29, 1.82) is 0 Å². The molecule has 18 heavy (non-hydrogen) atoms. The van der Waals surface area contributed by atoms with Crippen LogP contribution in [0, 0.1) is 16.3 Å². The summed E-state index contributed by atoms with van der Waals surface area (Å²) in [7, 11) is 0. The first-order valence-corrected chi connectivity index (χ1v) is 6.74. The topological polar surface area (TPSA) is 20.2 Å². The Hall–Kier alpha value is -0.940. The fourth-order valence-corrected chi connectivity index (χ4v) is 2.25. The third kappa shape index (κ3) is 2.57. The summed E-state index contributed by atoms with van der Waals surface area (Å²) in [5.74, 6) is -0.253. The summed E-state index contributed by atoms with van der Waals surface area (Å²) in [4.78, 5) is 0. The monoisotopic (exact) mass is 356 g/mol. The molecule has 0 spiro atoms. The number of hydrogen-bond donors (Lipinski definition) is 1. The molecule has 0 bridgehead atoms. The maximum Gasteiger partial charge on any atom is 0.126 e. The Balaban J connectivity index is 2.46. The van der Waals surface area contributed by atoms with Crippen molar-refractivity contribution in [2.45, 2.75) is 19.4 Å². The molecule has 0 saturated heterocycles. The minimum Gasteiger partial charge on any atom is -0.381 e. The summed E-state index contributed by atoms with van der Waals surface area (Å²) < 4.78 is 14.4. The molecular weight excluding hydrogens is 342 g/mol. The second-order valence-electron chi connectivity index (χ2n) is 4.54. The molecule has 0 saturated carbocycles. The summed E-state index contributed by atoms with van der Waals surface area (Å²) in [6.07, 6.45) is 0. The van der Waals surface area contributed by atoms with Crippen LogP contribution in [0.4, 0.5) is 4.39 Å². The van der Waals surface area contributed by atoms with Crippen LogP contribution in [0.1, 0.15) is 23.6 Å². The lowest BCUT2D eigenvalue weighted by Gasteiger charge is -2.25. The molecule has 1 N–H and O–H groups in total. The van der Waals surface area contributed by atoms with Crippen molar-refractivity contribution in [2.24, 2.45) is 0 Å². The van der Waals surface area contributed by atoms with E-state index in [1.807, 2.05) is 24.3 Å². The Kier molecular flexibility index (Phi) is 3.73. The lowest BCUT2D eigenvalue weighted by molar-refractivity contribution is 0.102. The van der Waals surface area contributed by atoms with E-state index >= 15 is 0 Å². The van der Waals surface area contributed by atoms with Crippen molar-refractivity contribution in [3.63, 3.8) is 0 Å². The molecule has 0 aliphatic carbocycles. The summed E-state index contributed by atoms with van der Waals surface area (Å²) in [6.45, 7) is 3.42. The van der Waals surface area contributed by atoms with Gasteiger partial charge in [0.2, 0.25) is 0 Å². The lowest BCUT2D eigenvalue weighted by atomic mass is 9.87. The molecule has 2 aromatic rings. The summed E-state index contributed by atoms with van der Waals surface area (Å²) >= 11 is 2.22. The van der Waals surface area contributed by atoms with Gasteiger partial charge < -0.3 is 5.11 Å². The van der Waals surface area contributed by atoms with Crippen molar-refractivity contribution < 1.29 is 9.50 Å².